The number of hydrogen-bond acceptors (Lipinski definition) is 4. The molecular weight excluding hydrogens is 374 g/mol. The van der Waals surface area contributed by atoms with Crippen LogP contribution in [0.1, 0.15) is 37.3 Å². The van der Waals surface area contributed by atoms with Gasteiger partial charge >= 0.3 is 0 Å². The Bertz CT molecular complexity index is 891. The predicted molar refractivity (Wildman–Crippen MR) is 100 cm³/mol. The van der Waals surface area contributed by atoms with Crippen molar-refractivity contribution < 1.29 is 13.2 Å². The first-order valence-corrected chi connectivity index (χ1v) is 10.8. The fraction of sp³-hybridized carbons (Fsp3) is 0.500. The number of hydrogen-bond donors (Lipinski definition) is 0. The summed E-state index contributed by atoms with van der Waals surface area (Å²) in [6, 6.07) is 5.63. The van der Waals surface area contributed by atoms with E-state index in [1.165, 1.54) is 10.5 Å². The van der Waals surface area contributed by atoms with Gasteiger partial charge in [0.2, 0.25) is 0 Å². The summed E-state index contributed by atoms with van der Waals surface area (Å²) in [6.45, 7) is 1.85. The molecule has 0 aliphatic carbocycles. The third-order valence-electron chi connectivity index (χ3n) is 5.10. The van der Waals surface area contributed by atoms with Crippen LogP contribution in [0.15, 0.2) is 35.5 Å². The summed E-state index contributed by atoms with van der Waals surface area (Å²) in [7, 11) is -3.65. The number of halogens is 1. The first-order chi connectivity index (χ1) is 12.6. The summed E-state index contributed by atoms with van der Waals surface area (Å²) in [5.41, 5.74) is 1.71. The SMILES string of the molecule is O=S(=O)(c1cnn(C2CCOCC2)c1)N1CCCCc2cc(Cl)ccc21. The minimum atomic E-state index is -3.65. The molecule has 140 valence electrons. The Balaban J connectivity index is 1.67. The van der Waals surface area contributed by atoms with Crippen LogP contribution in [0.5, 0.6) is 0 Å². The van der Waals surface area contributed by atoms with E-state index in [0.29, 0.717) is 24.8 Å². The van der Waals surface area contributed by atoms with Gasteiger partial charge in [0.05, 0.1) is 17.9 Å². The Labute approximate surface area is 158 Å². The molecular formula is C18H22ClN3O3S. The number of aromatic nitrogens is 2. The molecule has 0 radical (unpaired) electrons. The zero-order chi connectivity index (χ0) is 18.1. The van der Waals surface area contributed by atoms with Crippen LogP contribution >= 0.6 is 11.6 Å². The Morgan fingerprint density at radius 2 is 2.00 bits per heavy atom. The number of anilines is 1. The van der Waals surface area contributed by atoms with Crippen LogP contribution in [-0.2, 0) is 21.2 Å². The largest absolute Gasteiger partial charge is 0.381 e. The zero-order valence-electron chi connectivity index (χ0n) is 14.5. The van der Waals surface area contributed by atoms with Crippen LogP contribution in [0.3, 0.4) is 0 Å². The van der Waals surface area contributed by atoms with Gasteiger partial charge in [-0.2, -0.15) is 5.10 Å². The highest BCUT2D eigenvalue weighted by Crippen LogP contribution is 2.33. The lowest BCUT2D eigenvalue weighted by atomic mass is 10.1. The van der Waals surface area contributed by atoms with Crippen molar-refractivity contribution in [2.75, 3.05) is 24.1 Å². The smallest absolute Gasteiger partial charge is 0.267 e. The number of rotatable bonds is 3. The van der Waals surface area contributed by atoms with Gasteiger partial charge in [0.1, 0.15) is 4.90 Å². The summed E-state index contributed by atoms with van der Waals surface area (Å²) < 4.78 is 35.3. The summed E-state index contributed by atoms with van der Waals surface area (Å²) in [5, 5.41) is 4.96. The summed E-state index contributed by atoms with van der Waals surface area (Å²) in [5.74, 6) is 0. The quantitative estimate of drug-likeness (QED) is 0.798. The first kappa shape index (κ1) is 17.8. The van der Waals surface area contributed by atoms with Gasteiger partial charge in [-0.05, 0) is 55.9 Å². The molecule has 0 saturated carbocycles. The Kier molecular flexibility index (Phi) is 4.94. The van der Waals surface area contributed by atoms with Crippen molar-refractivity contribution in [2.24, 2.45) is 0 Å². The lowest BCUT2D eigenvalue weighted by Crippen LogP contribution is -2.31. The van der Waals surface area contributed by atoms with Gasteiger partial charge < -0.3 is 4.74 Å². The second-order valence-corrected chi connectivity index (χ2v) is 9.11. The minimum absolute atomic E-state index is 0.197. The van der Waals surface area contributed by atoms with Gasteiger partial charge in [0.15, 0.2) is 0 Å². The molecule has 26 heavy (non-hydrogen) atoms. The highest BCUT2D eigenvalue weighted by Gasteiger charge is 2.30. The van der Waals surface area contributed by atoms with Crippen molar-refractivity contribution in [2.45, 2.75) is 43.0 Å². The second-order valence-electron chi connectivity index (χ2n) is 6.81. The van der Waals surface area contributed by atoms with E-state index in [-0.39, 0.29) is 10.9 Å². The normalized spacial score (nSPS) is 19.2. The lowest BCUT2D eigenvalue weighted by molar-refractivity contribution is 0.0662. The van der Waals surface area contributed by atoms with Crippen LogP contribution in [0.2, 0.25) is 5.02 Å². The first-order valence-electron chi connectivity index (χ1n) is 8.99. The van der Waals surface area contributed by atoms with Gasteiger partial charge in [-0.15, -0.1) is 0 Å². The number of sulfonamides is 1. The maximum Gasteiger partial charge on any atom is 0.267 e. The third-order valence-corrected chi connectivity index (χ3v) is 7.10. The van der Waals surface area contributed by atoms with E-state index in [4.69, 9.17) is 16.3 Å². The molecule has 2 aliphatic heterocycles. The average Bonchev–Trinajstić information content (AvgIpc) is 3.05. The molecule has 0 spiro atoms. The number of ether oxygens (including phenoxy) is 1. The molecule has 3 heterocycles. The van der Waals surface area contributed by atoms with Crippen molar-refractivity contribution in [1.29, 1.82) is 0 Å². The molecule has 8 heteroatoms. The van der Waals surface area contributed by atoms with Crippen molar-refractivity contribution in [3.63, 3.8) is 0 Å². The second kappa shape index (κ2) is 7.21. The standard InChI is InChI=1S/C18H22ClN3O3S/c19-15-4-5-18-14(11-15)3-1-2-8-22(18)26(23,24)17-12-20-21(13-17)16-6-9-25-10-7-16/h4-5,11-13,16H,1-3,6-10H2. The maximum absolute atomic E-state index is 13.3. The van der Waals surface area contributed by atoms with E-state index in [0.717, 1.165) is 43.4 Å². The van der Waals surface area contributed by atoms with E-state index in [9.17, 15) is 8.42 Å². The Morgan fingerprint density at radius 1 is 1.19 bits per heavy atom. The molecule has 0 N–H and O–H groups in total. The zero-order valence-corrected chi connectivity index (χ0v) is 16.0. The number of nitrogens with zero attached hydrogens (tertiary/aromatic N) is 3. The molecule has 0 amide bonds. The van der Waals surface area contributed by atoms with Crippen molar-refractivity contribution in [1.82, 2.24) is 9.78 Å². The van der Waals surface area contributed by atoms with Gasteiger partial charge in [0.25, 0.3) is 10.0 Å². The van der Waals surface area contributed by atoms with Crippen LogP contribution in [0.4, 0.5) is 5.69 Å². The van der Waals surface area contributed by atoms with Gasteiger partial charge in [-0.25, -0.2) is 8.42 Å². The van der Waals surface area contributed by atoms with Crippen LogP contribution in [0.25, 0.3) is 0 Å². The van der Waals surface area contributed by atoms with Crippen LogP contribution in [0, 0.1) is 0 Å². The van der Waals surface area contributed by atoms with Gasteiger partial charge in [-0.3, -0.25) is 8.99 Å². The monoisotopic (exact) mass is 395 g/mol. The minimum Gasteiger partial charge on any atom is -0.381 e. The summed E-state index contributed by atoms with van der Waals surface area (Å²) >= 11 is 6.11. The summed E-state index contributed by atoms with van der Waals surface area (Å²) in [4.78, 5) is 0.242. The Hall–Kier alpha value is -1.57. The van der Waals surface area contributed by atoms with E-state index in [1.54, 1.807) is 16.9 Å². The molecule has 1 aromatic carbocycles. The number of fused-ring (bicyclic) bond motifs is 1. The molecule has 1 aromatic heterocycles. The number of aryl methyl sites for hydroxylation is 1. The third kappa shape index (κ3) is 3.35. The predicted octanol–water partition coefficient (Wildman–Crippen LogP) is 3.42. The fourth-order valence-corrected chi connectivity index (χ4v) is 5.35. The van der Waals surface area contributed by atoms with Crippen molar-refractivity contribution >= 4 is 27.3 Å². The molecule has 6 nitrogen and oxygen atoms in total. The fourth-order valence-electron chi connectivity index (χ4n) is 3.67. The molecule has 0 bridgehead atoms. The summed E-state index contributed by atoms with van der Waals surface area (Å²) in [6.07, 6.45) is 7.43. The average molecular weight is 396 g/mol. The highest BCUT2D eigenvalue weighted by molar-refractivity contribution is 7.92. The molecule has 1 fully saturated rings. The molecule has 0 unspecified atom stereocenters. The Morgan fingerprint density at radius 3 is 2.81 bits per heavy atom. The molecule has 1 saturated heterocycles. The van der Waals surface area contributed by atoms with E-state index in [2.05, 4.69) is 5.10 Å². The number of benzene rings is 1. The van der Waals surface area contributed by atoms with Crippen LogP contribution in [-0.4, -0.2) is 38.0 Å². The van der Waals surface area contributed by atoms with E-state index in [1.807, 2.05) is 12.1 Å². The van der Waals surface area contributed by atoms with Gasteiger partial charge in [0, 0.05) is 31.0 Å². The van der Waals surface area contributed by atoms with Crippen LogP contribution < -0.4 is 4.31 Å². The lowest BCUT2D eigenvalue weighted by Gasteiger charge is -2.24. The van der Waals surface area contributed by atoms with E-state index >= 15 is 0 Å². The van der Waals surface area contributed by atoms with Crippen molar-refractivity contribution in [3.05, 3.63) is 41.2 Å². The molecule has 0 atom stereocenters. The molecule has 2 aliphatic rings. The maximum atomic E-state index is 13.3. The molecule has 4 rings (SSSR count). The highest BCUT2D eigenvalue weighted by atomic mass is 35.5. The van der Waals surface area contributed by atoms with E-state index < -0.39 is 10.0 Å². The topological polar surface area (TPSA) is 64.4 Å². The molecule has 2 aromatic rings. The van der Waals surface area contributed by atoms with Gasteiger partial charge in [-0.1, -0.05) is 11.6 Å². The van der Waals surface area contributed by atoms with Crippen molar-refractivity contribution in [3.8, 4) is 0 Å².